The third-order valence-corrected chi connectivity index (χ3v) is 3.26. The topological polar surface area (TPSA) is 24.5 Å². The molecule has 1 aromatic carbocycles. The number of benzene rings is 1. The molecule has 16 heavy (non-hydrogen) atoms. The highest BCUT2D eigenvalue weighted by Gasteiger charge is 2.20. The summed E-state index contributed by atoms with van der Waals surface area (Å²) in [5.74, 6) is 0.861. The van der Waals surface area contributed by atoms with Gasteiger partial charge in [0.15, 0.2) is 0 Å². The average Bonchev–Trinajstić information content (AvgIpc) is 2.36. The molecule has 0 radical (unpaired) electrons. The summed E-state index contributed by atoms with van der Waals surface area (Å²) in [6.45, 7) is 2.13. The van der Waals surface area contributed by atoms with E-state index in [1.165, 1.54) is 0 Å². The fraction of sp³-hybridized carbons (Fsp3) is 0.417. The van der Waals surface area contributed by atoms with Crippen LogP contribution in [-0.4, -0.2) is 25.2 Å². The second-order valence-electron chi connectivity index (χ2n) is 4.09. The van der Waals surface area contributed by atoms with Crippen molar-refractivity contribution in [3.63, 3.8) is 0 Å². The van der Waals surface area contributed by atoms with Crippen LogP contribution in [0.3, 0.4) is 0 Å². The molecule has 0 saturated heterocycles. The lowest BCUT2D eigenvalue weighted by Gasteiger charge is -2.19. The van der Waals surface area contributed by atoms with Crippen LogP contribution in [0, 0.1) is 0 Å². The first-order valence-electron chi connectivity index (χ1n) is 5.33. The summed E-state index contributed by atoms with van der Waals surface area (Å²) in [7, 11) is 3.68. The fourth-order valence-electron chi connectivity index (χ4n) is 1.90. The smallest absolute Gasteiger partial charge is 0.121 e. The van der Waals surface area contributed by atoms with Gasteiger partial charge in [-0.25, -0.2) is 0 Å². The molecule has 86 valence electrons. The number of ether oxygens (including phenoxy) is 1. The van der Waals surface area contributed by atoms with E-state index in [1.807, 2.05) is 25.2 Å². The van der Waals surface area contributed by atoms with Gasteiger partial charge in [-0.3, -0.25) is 0 Å². The van der Waals surface area contributed by atoms with Crippen LogP contribution in [0.4, 0.5) is 11.4 Å². The van der Waals surface area contributed by atoms with Crippen molar-refractivity contribution in [3.05, 3.63) is 18.2 Å². The van der Waals surface area contributed by atoms with E-state index in [-0.39, 0.29) is 0 Å². The number of hydrogen-bond acceptors (Lipinski definition) is 3. The molecule has 0 aromatic heterocycles. The molecule has 4 heteroatoms. The number of nitrogens with zero attached hydrogens (tertiary/aromatic N) is 1. The molecule has 0 unspecified atom stereocenters. The second-order valence-corrected chi connectivity index (χ2v) is 4.56. The van der Waals surface area contributed by atoms with Gasteiger partial charge in [0, 0.05) is 25.6 Å². The minimum Gasteiger partial charge on any atom is -0.497 e. The van der Waals surface area contributed by atoms with Crippen LogP contribution in [0.5, 0.6) is 5.75 Å². The van der Waals surface area contributed by atoms with Gasteiger partial charge in [-0.15, -0.1) is 0 Å². The molecule has 2 rings (SSSR count). The number of anilines is 2. The van der Waals surface area contributed by atoms with Gasteiger partial charge in [-0.05, 0) is 19.1 Å². The zero-order valence-electron chi connectivity index (χ0n) is 9.78. The lowest BCUT2D eigenvalue weighted by Crippen LogP contribution is -2.25. The lowest BCUT2D eigenvalue weighted by molar-refractivity contribution is 0.415. The van der Waals surface area contributed by atoms with Gasteiger partial charge in [0.25, 0.3) is 0 Å². The Morgan fingerprint density at radius 1 is 1.50 bits per heavy atom. The van der Waals surface area contributed by atoms with Crippen LogP contribution >= 0.6 is 12.2 Å². The van der Waals surface area contributed by atoms with Gasteiger partial charge in [-0.2, -0.15) is 0 Å². The van der Waals surface area contributed by atoms with Crippen molar-refractivity contribution in [1.29, 1.82) is 0 Å². The van der Waals surface area contributed by atoms with Crippen molar-refractivity contribution >= 4 is 28.6 Å². The summed E-state index contributed by atoms with van der Waals surface area (Å²) in [5.41, 5.74) is 2.18. The highest BCUT2D eigenvalue weighted by molar-refractivity contribution is 7.80. The highest BCUT2D eigenvalue weighted by Crippen LogP contribution is 2.33. The number of rotatable bonds is 1. The predicted octanol–water partition coefficient (Wildman–Crippen LogP) is 2.66. The fourth-order valence-corrected chi connectivity index (χ4v) is 2.25. The Kier molecular flexibility index (Phi) is 3.01. The summed E-state index contributed by atoms with van der Waals surface area (Å²) in [5, 5.41) is 3.45. The van der Waals surface area contributed by atoms with Crippen LogP contribution in [0.2, 0.25) is 0 Å². The van der Waals surface area contributed by atoms with Crippen LogP contribution in [0.25, 0.3) is 0 Å². The summed E-state index contributed by atoms with van der Waals surface area (Å²) in [4.78, 5) is 3.02. The molecular weight excluding hydrogens is 220 g/mol. The van der Waals surface area contributed by atoms with E-state index in [1.54, 1.807) is 7.11 Å². The van der Waals surface area contributed by atoms with E-state index >= 15 is 0 Å². The minimum absolute atomic E-state index is 0.350. The molecule has 0 fully saturated rings. The maximum absolute atomic E-state index is 5.38. The van der Waals surface area contributed by atoms with Crippen LogP contribution in [0.1, 0.15) is 13.3 Å². The quantitative estimate of drug-likeness (QED) is 0.758. The van der Waals surface area contributed by atoms with Gasteiger partial charge in [-0.1, -0.05) is 12.2 Å². The van der Waals surface area contributed by atoms with E-state index in [9.17, 15) is 0 Å². The Morgan fingerprint density at radius 2 is 2.25 bits per heavy atom. The molecule has 1 atom stereocenters. The van der Waals surface area contributed by atoms with Gasteiger partial charge in [0.2, 0.25) is 0 Å². The van der Waals surface area contributed by atoms with E-state index in [2.05, 4.69) is 17.1 Å². The molecule has 0 spiro atoms. The molecule has 1 aliphatic heterocycles. The average molecular weight is 236 g/mol. The van der Waals surface area contributed by atoms with Crippen molar-refractivity contribution in [2.24, 2.45) is 0 Å². The van der Waals surface area contributed by atoms with Crippen molar-refractivity contribution in [2.75, 3.05) is 24.4 Å². The summed E-state index contributed by atoms with van der Waals surface area (Å²) < 4.78 is 5.23. The van der Waals surface area contributed by atoms with Gasteiger partial charge >= 0.3 is 0 Å². The molecule has 0 amide bonds. The Hall–Kier alpha value is -1.29. The van der Waals surface area contributed by atoms with Crippen LogP contribution in [0.15, 0.2) is 18.2 Å². The predicted molar refractivity (Wildman–Crippen MR) is 71.7 cm³/mol. The number of hydrogen-bond donors (Lipinski definition) is 1. The summed E-state index contributed by atoms with van der Waals surface area (Å²) in [6.07, 6.45) is 0.878. The SMILES string of the molecule is COc1ccc2c(c1)N[C@@H](C)CC(=S)N2C. The highest BCUT2D eigenvalue weighted by atomic mass is 32.1. The monoisotopic (exact) mass is 236 g/mol. The molecule has 3 nitrogen and oxygen atoms in total. The van der Waals surface area contributed by atoms with Gasteiger partial charge < -0.3 is 15.0 Å². The van der Waals surface area contributed by atoms with E-state index in [4.69, 9.17) is 17.0 Å². The molecule has 0 aliphatic carbocycles. The van der Waals surface area contributed by atoms with Crippen molar-refractivity contribution in [2.45, 2.75) is 19.4 Å². The normalized spacial score (nSPS) is 19.8. The second kappa shape index (κ2) is 4.29. The molecule has 0 bridgehead atoms. The maximum Gasteiger partial charge on any atom is 0.121 e. The summed E-state index contributed by atoms with van der Waals surface area (Å²) >= 11 is 5.38. The Morgan fingerprint density at radius 3 is 2.94 bits per heavy atom. The zero-order chi connectivity index (χ0) is 11.7. The Labute approximate surface area is 101 Å². The number of fused-ring (bicyclic) bond motifs is 1. The van der Waals surface area contributed by atoms with Gasteiger partial charge in [0.1, 0.15) is 5.75 Å². The largest absolute Gasteiger partial charge is 0.497 e. The Bertz CT molecular complexity index is 419. The molecule has 1 heterocycles. The third kappa shape index (κ3) is 1.97. The van der Waals surface area contributed by atoms with Crippen molar-refractivity contribution < 1.29 is 4.74 Å². The van der Waals surface area contributed by atoms with Crippen LogP contribution in [-0.2, 0) is 0 Å². The standard InChI is InChI=1S/C12H16N2OS/c1-8-6-12(16)14(2)11-5-4-9(15-3)7-10(11)13-8/h4-5,7-8,13H,6H2,1-3H3/t8-/m0/s1. The first kappa shape index (κ1) is 11.2. The maximum atomic E-state index is 5.38. The molecule has 1 N–H and O–H groups in total. The lowest BCUT2D eigenvalue weighted by atomic mass is 10.2. The molecular formula is C12H16N2OS. The Balaban J connectivity index is 2.46. The van der Waals surface area contributed by atoms with Crippen LogP contribution < -0.4 is 15.0 Å². The third-order valence-electron chi connectivity index (χ3n) is 2.82. The minimum atomic E-state index is 0.350. The zero-order valence-corrected chi connectivity index (χ0v) is 10.6. The summed E-state index contributed by atoms with van der Waals surface area (Å²) in [6, 6.07) is 6.35. The van der Waals surface area contributed by atoms with Crippen molar-refractivity contribution in [3.8, 4) is 5.75 Å². The van der Waals surface area contributed by atoms with E-state index in [0.29, 0.717) is 6.04 Å². The van der Waals surface area contributed by atoms with E-state index in [0.717, 1.165) is 28.5 Å². The van der Waals surface area contributed by atoms with E-state index < -0.39 is 0 Å². The van der Waals surface area contributed by atoms with Gasteiger partial charge in [0.05, 0.1) is 23.5 Å². The first-order valence-corrected chi connectivity index (χ1v) is 5.74. The molecule has 0 saturated carbocycles. The number of nitrogens with one attached hydrogen (secondary N) is 1. The van der Waals surface area contributed by atoms with Crippen molar-refractivity contribution in [1.82, 2.24) is 0 Å². The molecule has 1 aromatic rings. The first-order chi connectivity index (χ1) is 7.61. The molecule has 1 aliphatic rings. The number of methoxy groups -OCH3 is 1. The number of thiocarbonyl (C=S) groups is 1.